The maximum Gasteiger partial charge on any atom is 0.251 e. The molecule has 2 aromatic carbocycles. The van der Waals surface area contributed by atoms with Crippen LogP contribution in [-0.2, 0) is 6.54 Å². The molecule has 2 N–H and O–H groups in total. The van der Waals surface area contributed by atoms with E-state index in [0.717, 1.165) is 12.1 Å². The van der Waals surface area contributed by atoms with Gasteiger partial charge in [0, 0.05) is 36.5 Å². The lowest BCUT2D eigenvalue weighted by molar-refractivity contribution is 0.0952. The van der Waals surface area contributed by atoms with E-state index in [9.17, 15) is 9.18 Å². The number of hydrogen-bond acceptors (Lipinski definition) is 4. The molecule has 0 atom stereocenters. The molecule has 2 radical (unpaired) electrons. The van der Waals surface area contributed by atoms with E-state index in [1.807, 2.05) is 24.3 Å². The number of carbonyl (C=O) groups excluding carboxylic acids is 1. The normalized spacial score (nSPS) is 13.3. The topological polar surface area (TPSA) is 71.3 Å². The monoisotopic (exact) mass is 425 g/mol. The number of fused-ring (bicyclic) bond motifs is 1. The van der Waals surface area contributed by atoms with Gasteiger partial charge in [0.1, 0.15) is 19.5 Å². The summed E-state index contributed by atoms with van der Waals surface area (Å²) in [5.74, 6) is 0.874. The molecule has 0 unspecified atom stereocenters. The number of halogens is 1. The standard InChI is InChI=1S/C24H21BFN5O/c25-19-14-29-31-22(11-21(30-23(19)31)18-3-1-2-4-20(18)26)27-12-16-7-9-17(10-8-16)24(32)28-13-15-5-6-15/h1-4,7-11,14-15,27H,5-6,12-13H2,(H,28,32). The van der Waals surface area contributed by atoms with Gasteiger partial charge in [0.2, 0.25) is 0 Å². The highest BCUT2D eigenvalue weighted by atomic mass is 19.1. The Morgan fingerprint density at radius 2 is 1.94 bits per heavy atom. The molecule has 8 heteroatoms. The minimum atomic E-state index is -0.357. The van der Waals surface area contributed by atoms with Gasteiger partial charge >= 0.3 is 0 Å². The number of benzene rings is 2. The fraction of sp³-hybridized carbons (Fsp3) is 0.208. The van der Waals surface area contributed by atoms with Gasteiger partial charge in [0.15, 0.2) is 5.65 Å². The molecule has 1 saturated carbocycles. The van der Waals surface area contributed by atoms with Crippen LogP contribution >= 0.6 is 0 Å². The van der Waals surface area contributed by atoms with E-state index in [-0.39, 0.29) is 11.7 Å². The highest BCUT2D eigenvalue weighted by molar-refractivity contribution is 6.36. The second-order valence-electron chi connectivity index (χ2n) is 8.05. The highest BCUT2D eigenvalue weighted by Gasteiger charge is 2.21. The van der Waals surface area contributed by atoms with Crippen molar-refractivity contribution in [3.05, 3.63) is 77.7 Å². The molecule has 0 aliphatic heterocycles. The third-order valence-corrected chi connectivity index (χ3v) is 5.59. The summed E-state index contributed by atoms with van der Waals surface area (Å²) in [5.41, 5.74) is 3.35. The van der Waals surface area contributed by atoms with Gasteiger partial charge in [0.25, 0.3) is 5.91 Å². The second-order valence-corrected chi connectivity index (χ2v) is 8.05. The zero-order valence-corrected chi connectivity index (χ0v) is 17.4. The number of hydrogen-bond donors (Lipinski definition) is 2. The molecule has 0 saturated heterocycles. The van der Waals surface area contributed by atoms with Crippen molar-refractivity contribution in [1.82, 2.24) is 19.9 Å². The first-order valence-corrected chi connectivity index (χ1v) is 10.6. The maximum atomic E-state index is 14.3. The Morgan fingerprint density at radius 3 is 2.69 bits per heavy atom. The molecule has 2 heterocycles. The first-order chi connectivity index (χ1) is 15.6. The summed E-state index contributed by atoms with van der Waals surface area (Å²) in [5, 5.41) is 10.6. The lowest BCUT2D eigenvalue weighted by atomic mass is 10.0. The van der Waals surface area contributed by atoms with Crippen molar-refractivity contribution < 1.29 is 9.18 Å². The molecule has 2 aromatic heterocycles. The zero-order valence-electron chi connectivity index (χ0n) is 17.4. The maximum absolute atomic E-state index is 14.3. The summed E-state index contributed by atoms with van der Waals surface area (Å²) in [7, 11) is 6.02. The number of anilines is 1. The van der Waals surface area contributed by atoms with E-state index >= 15 is 0 Å². The Hall–Kier alpha value is -3.68. The van der Waals surface area contributed by atoms with Crippen LogP contribution in [0.4, 0.5) is 10.2 Å². The minimum Gasteiger partial charge on any atom is -0.366 e. The lowest BCUT2D eigenvalue weighted by Crippen LogP contribution is -2.25. The van der Waals surface area contributed by atoms with Gasteiger partial charge in [-0.05, 0) is 54.1 Å². The van der Waals surface area contributed by atoms with Crippen LogP contribution in [0.3, 0.4) is 0 Å². The summed E-state index contributed by atoms with van der Waals surface area (Å²) in [6.07, 6.45) is 3.93. The lowest BCUT2D eigenvalue weighted by Gasteiger charge is -2.12. The van der Waals surface area contributed by atoms with Crippen LogP contribution in [0.2, 0.25) is 0 Å². The third-order valence-electron chi connectivity index (χ3n) is 5.59. The first kappa shape index (κ1) is 20.2. The van der Waals surface area contributed by atoms with Crippen molar-refractivity contribution >= 4 is 30.7 Å². The fourth-order valence-corrected chi connectivity index (χ4v) is 3.54. The molecule has 1 aliphatic carbocycles. The second kappa shape index (κ2) is 8.46. The van der Waals surface area contributed by atoms with Crippen LogP contribution in [0, 0.1) is 11.7 Å². The smallest absolute Gasteiger partial charge is 0.251 e. The number of nitrogens with one attached hydrogen (secondary N) is 2. The number of aromatic nitrogens is 3. The van der Waals surface area contributed by atoms with Crippen molar-refractivity contribution in [2.24, 2.45) is 5.92 Å². The largest absolute Gasteiger partial charge is 0.366 e. The summed E-state index contributed by atoms with van der Waals surface area (Å²) in [6.45, 7) is 1.23. The molecule has 158 valence electrons. The van der Waals surface area contributed by atoms with Gasteiger partial charge in [0.05, 0.1) is 5.69 Å². The molecular weight excluding hydrogens is 404 g/mol. The van der Waals surface area contributed by atoms with Gasteiger partial charge in [-0.3, -0.25) is 4.79 Å². The average Bonchev–Trinajstić information content (AvgIpc) is 3.58. The van der Waals surface area contributed by atoms with Crippen LogP contribution in [-0.4, -0.2) is 34.9 Å². The third kappa shape index (κ3) is 4.21. The number of carbonyl (C=O) groups is 1. The van der Waals surface area contributed by atoms with Crippen molar-refractivity contribution in [3.8, 4) is 11.3 Å². The van der Waals surface area contributed by atoms with Crippen molar-refractivity contribution in [3.63, 3.8) is 0 Å². The van der Waals surface area contributed by atoms with Crippen LogP contribution in [0.5, 0.6) is 0 Å². The van der Waals surface area contributed by atoms with E-state index in [1.165, 1.54) is 25.1 Å². The van der Waals surface area contributed by atoms with Crippen molar-refractivity contribution in [1.29, 1.82) is 0 Å². The molecule has 32 heavy (non-hydrogen) atoms. The number of rotatable bonds is 7. The Kier molecular flexibility index (Phi) is 5.35. The highest BCUT2D eigenvalue weighted by Crippen LogP contribution is 2.27. The van der Waals surface area contributed by atoms with Crippen LogP contribution in [0.15, 0.2) is 60.8 Å². The van der Waals surface area contributed by atoms with E-state index in [4.69, 9.17) is 7.85 Å². The van der Waals surface area contributed by atoms with Gasteiger partial charge < -0.3 is 10.6 Å². The predicted molar refractivity (Wildman–Crippen MR) is 123 cm³/mol. The number of nitrogens with zero attached hydrogens (tertiary/aromatic N) is 3. The van der Waals surface area contributed by atoms with Crippen LogP contribution in [0.25, 0.3) is 16.9 Å². The zero-order chi connectivity index (χ0) is 22.1. The predicted octanol–water partition coefficient (Wildman–Crippen LogP) is 3.08. The molecule has 5 rings (SSSR count). The molecule has 1 aliphatic rings. The fourth-order valence-electron chi connectivity index (χ4n) is 3.54. The van der Waals surface area contributed by atoms with Crippen molar-refractivity contribution in [2.75, 3.05) is 11.9 Å². The van der Waals surface area contributed by atoms with Gasteiger partial charge in [-0.1, -0.05) is 24.3 Å². The summed E-state index contributed by atoms with van der Waals surface area (Å²) in [4.78, 5) is 16.7. The quantitative estimate of drug-likeness (QED) is 0.447. The molecule has 1 amide bonds. The molecule has 4 aromatic rings. The van der Waals surface area contributed by atoms with Crippen LogP contribution < -0.4 is 16.1 Å². The summed E-state index contributed by atoms with van der Waals surface area (Å²) in [6, 6.07) is 15.7. The first-order valence-electron chi connectivity index (χ1n) is 10.6. The van der Waals surface area contributed by atoms with Gasteiger partial charge in [-0.15, -0.1) is 0 Å². The SMILES string of the molecule is [B]c1cnn2c(NCc3ccc(C(=O)NCC4CC4)cc3)cc(-c3ccccc3F)nc12. The number of amides is 1. The molecule has 0 spiro atoms. The van der Waals surface area contributed by atoms with Gasteiger partial charge in [-0.2, -0.15) is 9.61 Å². The minimum absolute atomic E-state index is 0.0474. The van der Waals surface area contributed by atoms with E-state index in [1.54, 1.807) is 28.8 Å². The molecule has 1 fully saturated rings. The molecule has 6 nitrogen and oxygen atoms in total. The Bertz CT molecular complexity index is 1280. The van der Waals surface area contributed by atoms with Crippen molar-refractivity contribution in [2.45, 2.75) is 19.4 Å². The molecular formula is C24H21BFN5O. The van der Waals surface area contributed by atoms with E-state index in [2.05, 4.69) is 20.7 Å². The van der Waals surface area contributed by atoms with E-state index in [0.29, 0.717) is 46.2 Å². The van der Waals surface area contributed by atoms with Gasteiger partial charge in [-0.25, -0.2) is 9.37 Å². The summed E-state index contributed by atoms with van der Waals surface area (Å²) < 4.78 is 15.9. The Labute approximate surface area is 186 Å². The summed E-state index contributed by atoms with van der Waals surface area (Å²) >= 11 is 0. The van der Waals surface area contributed by atoms with Crippen LogP contribution in [0.1, 0.15) is 28.8 Å². The van der Waals surface area contributed by atoms with E-state index < -0.39 is 0 Å². The Balaban J connectivity index is 1.35. The Morgan fingerprint density at radius 1 is 1.16 bits per heavy atom. The average molecular weight is 425 g/mol. The molecule has 0 bridgehead atoms.